The Morgan fingerprint density at radius 2 is 2.14 bits per heavy atom. The monoisotopic (exact) mass is 231 g/mol. The Morgan fingerprint density at radius 1 is 1.43 bits per heavy atom. The van der Waals surface area contributed by atoms with Crippen molar-refractivity contribution in [2.45, 2.75) is 5.16 Å². The van der Waals surface area contributed by atoms with Crippen LogP contribution < -0.4 is 0 Å². The fourth-order valence-electron chi connectivity index (χ4n) is 1.08. The van der Waals surface area contributed by atoms with Crippen LogP contribution in [-0.4, -0.2) is 22.9 Å². The van der Waals surface area contributed by atoms with Gasteiger partial charge < -0.3 is 9.54 Å². The second-order valence-corrected chi connectivity index (χ2v) is 4.39. The minimum atomic E-state index is -4.54. The van der Waals surface area contributed by atoms with E-state index in [4.69, 9.17) is 11.6 Å². The molecule has 0 fully saturated rings. The summed E-state index contributed by atoms with van der Waals surface area (Å²) in [7, 11) is -4.54. The summed E-state index contributed by atoms with van der Waals surface area (Å²) >= 11 is 5.67. The number of nitrogens with zero attached hydrogens (tertiary/aromatic N) is 1. The number of rotatable bonds is 1. The third-order valence-corrected chi connectivity index (χ3v) is 2.56. The highest BCUT2D eigenvalue weighted by atomic mass is 35.5. The SMILES string of the molecule is O=S(=O)([O-])c1nc2ccc(Cl)cc2[nH]1. The lowest BCUT2D eigenvalue weighted by atomic mass is 10.3. The number of benzene rings is 1. The first-order chi connectivity index (χ1) is 6.47. The molecule has 0 aliphatic heterocycles. The van der Waals surface area contributed by atoms with Gasteiger partial charge in [0.15, 0.2) is 10.1 Å². The van der Waals surface area contributed by atoms with Crippen molar-refractivity contribution in [2.24, 2.45) is 0 Å². The number of hydrogen-bond acceptors (Lipinski definition) is 4. The van der Waals surface area contributed by atoms with E-state index in [1.807, 2.05) is 0 Å². The van der Waals surface area contributed by atoms with Crippen LogP contribution in [0.5, 0.6) is 0 Å². The van der Waals surface area contributed by atoms with Gasteiger partial charge in [-0.05, 0) is 18.2 Å². The maximum atomic E-state index is 10.6. The summed E-state index contributed by atoms with van der Waals surface area (Å²) in [5.41, 5.74) is 0.816. The van der Waals surface area contributed by atoms with Gasteiger partial charge in [0.05, 0.1) is 11.0 Å². The van der Waals surface area contributed by atoms with Crippen molar-refractivity contribution in [2.75, 3.05) is 0 Å². The fraction of sp³-hybridized carbons (Fsp3) is 0. The minimum Gasteiger partial charge on any atom is -0.742 e. The van der Waals surface area contributed by atoms with Crippen molar-refractivity contribution in [1.82, 2.24) is 9.97 Å². The van der Waals surface area contributed by atoms with Crippen LogP contribution in [0.25, 0.3) is 11.0 Å². The van der Waals surface area contributed by atoms with Crippen molar-refractivity contribution in [3.05, 3.63) is 23.2 Å². The van der Waals surface area contributed by atoms with Gasteiger partial charge in [0.1, 0.15) is 0 Å². The van der Waals surface area contributed by atoms with Crippen LogP contribution in [0.1, 0.15) is 0 Å². The van der Waals surface area contributed by atoms with Crippen molar-refractivity contribution in [3.8, 4) is 0 Å². The molecule has 74 valence electrons. The molecular weight excluding hydrogens is 228 g/mol. The number of fused-ring (bicyclic) bond motifs is 1. The van der Waals surface area contributed by atoms with Gasteiger partial charge >= 0.3 is 0 Å². The molecule has 1 N–H and O–H groups in total. The lowest BCUT2D eigenvalue weighted by Gasteiger charge is -1.99. The van der Waals surface area contributed by atoms with Crippen LogP contribution in [0.2, 0.25) is 5.02 Å². The Balaban J connectivity index is 2.75. The number of hydrogen-bond donors (Lipinski definition) is 1. The molecule has 7 heteroatoms. The molecule has 0 aliphatic rings. The van der Waals surface area contributed by atoms with Gasteiger partial charge in [-0.25, -0.2) is 13.4 Å². The highest BCUT2D eigenvalue weighted by Gasteiger charge is 2.08. The summed E-state index contributed by atoms with van der Waals surface area (Å²) < 4.78 is 31.8. The number of aromatic amines is 1. The summed E-state index contributed by atoms with van der Waals surface area (Å²) in [6, 6.07) is 4.59. The van der Waals surface area contributed by atoms with Crippen molar-refractivity contribution < 1.29 is 13.0 Å². The zero-order valence-corrected chi connectivity index (χ0v) is 8.26. The van der Waals surface area contributed by atoms with Gasteiger partial charge in [0.2, 0.25) is 5.16 Å². The number of halogens is 1. The van der Waals surface area contributed by atoms with E-state index in [1.54, 1.807) is 6.07 Å². The van der Waals surface area contributed by atoms with Crippen LogP contribution in [0.3, 0.4) is 0 Å². The standard InChI is InChI=1S/C7H5ClN2O3S/c8-4-1-2-5-6(3-4)10-7(9-5)14(11,12)13/h1-3H,(H,9,10)(H,11,12,13)/p-1. The van der Waals surface area contributed by atoms with Crippen LogP contribution in [0, 0.1) is 0 Å². The average molecular weight is 232 g/mol. The normalized spacial score (nSPS) is 12.1. The predicted octanol–water partition coefficient (Wildman–Crippen LogP) is 1.12. The van der Waals surface area contributed by atoms with Crippen molar-refractivity contribution in [3.63, 3.8) is 0 Å². The zero-order chi connectivity index (χ0) is 10.3. The number of aromatic nitrogens is 2. The molecular formula is C7H4ClN2O3S-. The molecule has 1 aromatic heterocycles. The van der Waals surface area contributed by atoms with E-state index >= 15 is 0 Å². The van der Waals surface area contributed by atoms with E-state index in [0.717, 1.165) is 0 Å². The lowest BCUT2D eigenvalue weighted by molar-refractivity contribution is 0.456. The quantitative estimate of drug-likeness (QED) is 0.745. The first kappa shape index (κ1) is 9.45. The lowest BCUT2D eigenvalue weighted by Crippen LogP contribution is -2.00. The van der Waals surface area contributed by atoms with Crippen molar-refractivity contribution >= 4 is 32.8 Å². The summed E-state index contributed by atoms with van der Waals surface area (Å²) in [4.78, 5) is 5.99. The Hall–Kier alpha value is -1.11. The predicted molar refractivity (Wildman–Crippen MR) is 49.1 cm³/mol. The summed E-state index contributed by atoms with van der Waals surface area (Å²) in [5, 5.41) is -0.147. The Bertz CT molecular complexity index is 590. The topological polar surface area (TPSA) is 85.9 Å². The molecule has 0 spiro atoms. The molecule has 1 heterocycles. The number of H-pyrrole nitrogens is 1. The molecule has 5 nitrogen and oxygen atoms in total. The largest absolute Gasteiger partial charge is 0.742 e. The molecule has 0 bridgehead atoms. The molecule has 0 aliphatic carbocycles. The third kappa shape index (κ3) is 1.59. The van der Waals surface area contributed by atoms with E-state index in [0.29, 0.717) is 16.1 Å². The smallest absolute Gasteiger partial charge is 0.213 e. The molecule has 0 radical (unpaired) electrons. The van der Waals surface area contributed by atoms with Gasteiger partial charge in [-0.3, -0.25) is 0 Å². The fourth-order valence-corrected chi connectivity index (χ4v) is 1.69. The van der Waals surface area contributed by atoms with Crippen molar-refractivity contribution in [1.29, 1.82) is 0 Å². The molecule has 0 saturated carbocycles. The molecule has 0 amide bonds. The van der Waals surface area contributed by atoms with Gasteiger partial charge in [-0.1, -0.05) is 11.6 Å². The third-order valence-electron chi connectivity index (χ3n) is 1.66. The van der Waals surface area contributed by atoms with E-state index in [2.05, 4.69) is 9.97 Å². The summed E-state index contributed by atoms with van der Waals surface area (Å²) in [6.07, 6.45) is 0. The van der Waals surface area contributed by atoms with Crippen LogP contribution in [0.15, 0.2) is 23.4 Å². The Kier molecular flexibility index (Phi) is 1.99. The maximum absolute atomic E-state index is 10.6. The van der Waals surface area contributed by atoms with Gasteiger partial charge in [0.25, 0.3) is 0 Å². The van der Waals surface area contributed by atoms with E-state index in [9.17, 15) is 13.0 Å². The molecule has 0 unspecified atom stereocenters. The maximum Gasteiger partial charge on any atom is 0.213 e. The Morgan fingerprint density at radius 3 is 2.79 bits per heavy atom. The first-order valence-corrected chi connectivity index (χ1v) is 5.36. The van der Waals surface area contributed by atoms with E-state index in [-0.39, 0.29) is 0 Å². The highest BCUT2D eigenvalue weighted by Crippen LogP contribution is 2.18. The highest BCUT2D eigenvalue weighted by molar-refractivity contribution is 7.85. The van der Waals surface area contributed by atoms with E-state index in [1.165, 1.54) is 12.1 Å². The van der Waals surface area contributed by atoms with Crippen LogP contribution >= 0.6 is 11.6 Å². The van der Waals surface area contributed by atoms with E-state index < -0.39 is 15.3 Å². The zero-order valence-electron chi connectivity index (χ0n) is 6.69. The molecule has 2 aromatic rings. The molecule has 2 rings (SSSR count). The minimum absolute atomic E-state index is 0.392. The molecule has 1 aromatic carbocycles. The molecule has 0 saturated heterocycles. The Labute approximate surface area is 84.5 Å². The first-order valence-electron chi connectivity index (χ1n) is 3.58. The molecule has 0 atom stereocenters. The summed E-state index contributed by atoms with van der Waals surface area (Å²) in [6.45, 7) is 0. The van der Waals surface area contributed by atoms with Crippen LogP contribution in [-0.2, 0) is 10.1 Å². The van der Waals surface area contributed by atoms with Gasteiger partial charge in [-0.2, -0.15) is 0 Å². The summed E-state index contributed by atoms with van der Waals surface area (Å²) in [5.74, 6) is 0. The average Bonchev–Trinajstić information content (AvgIpc) is 2.45. The van der Waals surface area contributed by atoms with Crippen LogP contribution in [0.4, 0.5) is 0 Å². The molecule has 14 heavy (non-hydrogen) atoms. The van der Waals surface area contributed by atoms with Gasteiger partial charge in [-0.15, -0.1) is 0 Å². The second-order valence-electron chi connectivity index (χ2n) is 2.66. The van der Waals surface area contributed by atoms with Gasteiger partial charge in [0, 0.05) is 5.02 Å². The number of nitrogens with one attached hydrogen (secondary N) is 1. The number of imidazole rings is 1. The second kappa shape index (κ2) is 2.94.